The van der Waals surface area contributed by atoms with Crippen LogP contribution in [0.1, 0.15) is 16.7 Å². The molecule has 0 radical (unpaired) electrons. The van der Waals surface area contributed by atoms with Crippen LogP contribution in [0.5, 0.6) is 5.75 Å². The molecule has 0 amide bonds. The van der Waals surface area contributed by atoms with Gasteiger partial charge in [0.1, 0.15) is 0 Å². The third-order valence-electron chi connectivity index (χ3n) is 4.84. The lowest BCUT2D eigenvalue weighted by molar-refractivity contribution is 0.432. The molecule has 26 heavy (non-hydrogen) atoms. The Kier molecular flexibility index (Phi) is 4.21. The molecular formula is C23H20FNO. The Bertz CT molecular complexity index is 1070. The summed E-state index contributed by atoms with van der Waals surface area (Å²) in [6, 6.07) is 21.2. The monoisotopic (exact) mass is 345 g/mol. The lowest BCUT2D eigenvalue weighted by Crippen LogP contribution is -1.95. The van der Waals surface area contributed by atoms with E-state index in [4.69, 9.17) is 0 Å². The maximum atomic E-state index is 13.8. The summed E-state index contributed by atoms with van der Waals surface area (Å²) in [5, 5.41) is 10.7. The van der Waals surface area contributed by atoms with E-state index in [2.05, 4.69) is 49.4 Å². The topological polar surface area (TPSA) is 25.2 Å². The van der Waals surface area contributed by atoms with Crippen molar-refractivity contribution in [3.05, 3.63) is 95.4 Å². The molecule has 2 nitrogen and oxygen atoms in total. The molecule has 1 aromatic heterocycles. The van der Waals surface area contributed by atoms with E-state index in [1.54, 1.807) is 6.07 Å². The SMILES string of the molecule is Cc1cn(-c2ccc(O)c(F)c2)c2cccc(CCc3ccccc3)c12. The first-order valence-electron chi connectivity index (χ1n) is 8.76. The van der Waals surface area contributed by atoms with Crippen LogP contribution in [0.2, 0.25) is 0 Å². The first-order chi connectivity index (χ1) is 12.6. The lowest BCUT2D eigenvalue weighted by Gasteiger charge is -2.08. The van der Waals surface area contributed by atoms with Crippen LogP contribution in [0.4, 0.5) is 4.39 Å². The van der Waals surface area contributed by atoms with Gasteiger partial charge in [-0.15, -0.1) is 0 Å². The number of aromatic hydroxyl groups is 1. The van der Waals surface area contributed by atoms with Gasteiger partial charge in [-0.05, 0) is 54.7 Å². The number of phenols is 1. The Morgan fingerprint density at radius 3 is 2.50 bits per heavy atom. The van der Waals surface area contributed by atoms with Crippen LogP contribution in [0.25, 0.3) is 16.6 Å². The van der Waals surface area contributed by atoms with Crippen molar-refractivity contribution < 1.29 is 9.50 Å². The van der Waals surface area contributed by atoms with E-state index in [0.29, 0.717) is 5.69 Å². The highest BCUT2D eigenvalue weighted by Gasteiger charge is 2.12. The van der Waals surface area contributed by atoms with Crippen molar-refractivity contribution in [1.29, 1.82) is 0 Å². The summed E-state index contributed by atoms with van der Waals surface area (Å²) in [5.74, 6) is -0.937. The van der Waals surface area contributed by atoms with E-state index < -0.39 is 5.82 Å². The largest absolute Gasteiger partial charge is 0.505 e. The van der Waals surface area contributed by atoms with Crippen LogP contribution < -0.4 is 0 Å². The van der Waals surface area contributed by atoms with Gasteiger partial charge in [-0.3, -0.25) is 0 Å². The van der Waals surface area contributed by atoms with Gasteiger partial charge in [0.05, 0.1) is 5.52 Å². The van der Waals surface area contributed by atoms with E-state index in [1.807, 2.05) is 16.8 Å². The number of hydrogen-bond acceptors (Lipinski definition) is 1. The summed E-state index contributed by atoms with van der Waals surface area (Å²) in [6.07, 6.45) is 3.97. The van der Waals surface area contributed by atoms with Crippen LogP contribution in [-0.4, -0.2) is 9.67 Å². The molecule has 1 heterocycles. The number of phenolic OH excluding ortho intramolecular Hbond substituents is 1. The molecule has 4 rings (SSSR count). The predicted octanol–water partition coefficient (Wildman–Crippen LogP) is 5.57. The second kappa shape index (κ2) is 6.68. The normalized spacial score (nSPS) is 11.2. The van der Waals surface area contributed by atoms with E-state index in [1.165, 1.54) is 28.6 Å². The number of hydrogen-bond donors (Lipinski definition) is 1. The molecule has 0 saturated carbocycles. The number of nitrogens with zero attached hydrogens (tertiary/aromatic N) is 1. The van der Waals surface area contributed by atoms with Crippen molar-refractivity contribution in [2.24, 2.45) is 0 Å². The van der Waals surface area contributed by atoms with Gasteiger partial charge in [-0.1, -0.05) is 42.5 Å². The van der Waals surface area contributed by atoms with E-state index in [9.17, 15) is 9.50 Å². The third-order valence-corrected chi connectivity index (χ3v) is 4.84. The summed E-state index contributed by atoms with van der Waals surface area (Å²) >= 11 is 0. The Labute approximate surface area is 152 Å². The maximum Gasteiger partial charge on any atom is 0.166 e. The Morgan fingerprint density at radius 2 is 1.73 bits per heavy atom. The average Bonchev–Trinajstić information content (AvgIpc) is 3.01. The first kappa shape index (κ1) is 16.4. The van der Waals surface area contributed by atoms with Gasteiger partial charge >= 0.3 is 0 Å². The predicted molar refractivity (Wildman–Crippen MR) is 103 cm³/mol. The number of rotatable bonds is 4. The van der Waals surface area contributed by atoms with Gasteiger partial charge < -0.3 is 9.67 Å². The third kappa shape index (κ3) is 2.97. The quantitative estimate of drug-likeness (QED) is 0.514. The molecule has 130 valence electrons. The number of aromatic nitrogens is 1. The van der Waals surface area contributed by atoms with Crippen LogP contribution in [0, 0.1) is 12.7 Å². The van der Waals surface area contributed by atoms with Gasteiger partial charge in [-0.25, -0.2) is 4.39 Å². The molecule has 4 aromatic rings. The zero-order valence-electron chi connectivity index (χ0n) is 14.6. The van der Waals surface area contributed by atoms with Crippen LogP contribution in [-0.2, 0) is 12.8 Å². The number of halogens is 1. The molecule has 0 atom stereocenters. The smallest absolute Gasteiger partial charge is 0.166 e. The molecule has 1 N–H and O–H groups in total. The maximum absolute atomic E-state index is 13.8. The van der Waals surface area contributed by atoms with Gasteiger partial charge in [0.25, 0.3) is 0 Å². The highest BCUT2D eigenvalue weighted by Crippen LogP contribution is 2.29. The molecule has 0 spiro atoms. The highest BCUT2D eigenvalue weighted by atomic mass is 19.1. The van der Waals surface area contributed by atoms with Gasteiger partial charge in [0.2, 0.25) is 0 Å². The summed E-state index contributed by atoms with van der Waals surface area (Å²) in [7, 11) is 0. The summed E-state index contributed by atoms with van der Waals surface area (Å²) in [5.41, 5.74) is 5.54. The molecule has 3 heteroatoms. The number of fused-ring (bicyclic) bond motifs is 1. The summed E-state index contributed by atoms with van der Waals surface area (Å²) < 4.78 is 15.8. The molecule has 0 aliphatic heterocycles. The van der Waals surface area contributed by atoms with Crippen LogP contribution in [0.3, 0.4) is 0 Å². The Hall–Kier alpha value is -3.07. The zero-order valence-corrected chi connectivity index (χ0v) is 14.6. The second-order valence-electron chi connectivity index (χ2n) is 6.61. The van der Waals surface area contributed by atoms with E-state index in [-0.39, 0.29) is 5.75 Å². The molecule has 0 unspecified atom stereocenters. The molecule has 0 fully saturated rings. The van der Waals surface area contributed by atoms with Crippen molar-refractivity contribution in [3.8, 4) is 11.4 Å². The van der Waals surface area contributed by atoms with Crippen molar-refractivity contribution in [2.45, 2.75) is 19.8 Å². The fourth-order valence-corrected chi connectivity index (χ4v) is 3.56. The minimum atomic E-state index is -0.609. The molecule has 3 aromatic carbocycles. The Balaban J connectivity index is 1.75. The number of aryl methyl sites for hydroxylation is 3. The minimum Gasteiger partial charge on any atom is -0.505 e. The highest BCUT2D eigenvalue weighted by molar-refractivity contribution is 5.88. The lowest BCUT2D eigenvalue weighted by atomic mass is 10.00. The van der Waals surface area contributed by atoms with Crippen molar-refractivity contribution in [3.63, 3.8) is 0 Å². The zero-order chi connectivity index (χ0) is 18.1. The van der Waals surface area contributed by atoms with Crippen LogP contribution in [0.15, 0.2) is 72.9 Å². The van der Waals surface area contributed by atoms with Gasteiger partial charge in [-0.2, -0.15) is 0 Å². The minimum absolute atomic E-state index is 0.328. The Morgan fingerprint density at radius 1 is 0.923 bits per heavy atom. The van der Waals surface area contributed by atoms with Crippen LogP contribution >= 0.6 is 0 Å². The average molecular weight is 345 g/mol. The van der Waals surface area contributed by atoms with E-state index >= 15 is 0 Å². The fourth-order valence-electron chi connectivity index (χ4n) is 3.56. The van der Waals surface area contributed by atoms with Gasteiger partial charge in [0, 0.05) is 23.3 Å². The molecular weight excluding hydrogens is 325 g/mol. The van der Waals surface area contributed by atoms with Crippen molar-refractivity contribution >= 4 is 10.9 Å². The van der Waals surface area contributed by atoms with Crippen molar-refractivity contribution in [2.75, 3.05) is 0 Å². The summed E-state index contributed by atoms with van der Waals surface area (Å²) in [6.45, 7) is 2.08. The molecule has 0 aliphatic rings. The summed E-state index contributed by atoms with van der Waals surface area (Å²) in [4.78, 5) is 0. The fraction of sp³-hybridized carbons (Fsp3) is 0.130. The standard InChI is InChI=1S/C23H20FNO/c1-16-15-25(19-12-13-22(26)20(24)14-19)21-9-5-8-18(23(16)21)11-10-17-6-3-2-4-7-17/h2-9,12-15,26H,10-11H2,1H3. The molecule has 0 aliphatic carbocycles. The first-order valence-corrected chi connectivity index (χ1v) is 8.76. The molecule has 0 bridgehead atoms. The second-order valence-corrected chi connectivity index (χ2v) is 6.61. The van der Waals surface area contributed by atoms with Crippen molar-refractivity contribution in [1.82, 2.24) is 4.57 Å². The number of benzene rings is 3. The molecule has 0 saturated heterocycles. The van der Waals surface area contributed by atoms with E-state index in [0.717, 1.165) is 23.9 Å². The van der Waals surface area contributed by atoms with Gasteiger partial charge in [0.15, 0.2) is 11.6 Å².